The summed E-state index contributed by atoms with van der Waals surface area (Å²) >= 11 is 6.11. The van der Waals surface area contributed by atoms with Crippen LogP contribution >= 0.6 is 33.2 Å². The van der Waals surface area contributed by atoms with Crippen molar-refractivity contribution >= 4 is 62.8 Å². The molecular formula is C19H22ClN5O5S2. The van der Waals surface area contributed by atoms with Crippen LogP contribution in [0, 0.1) is 5.41 Å². The molecule has 0 radical (unpaired) electrons. The van der Waals surface area contributed by atoms with Gasteiger partial charge in [-0.3, -0.25) is 29.8 Å². The van der Waals surface area contributed by atoms with E-state index >= 15 is 0 Å². The normalized spacial score (nSPS) is 12.2. The molecule has 1 aromatic heterocycles. The summed E-state index contributed by atoms with van der Waals surface area (Å²) in [6, 6.07) is 3.09. The van der Waals surface area contributed by atoms with Crippen LogP contribution in [0.1, 0.15) is 41.5 Å². The number of anilines is 1. The van der Waals surface area contributed by atoms with E-state index in [1.54, 1.807) is 20.8 Å². The van der Waals surface area contributed by atoms with Crippen LogP contribution in [0.4, 0.5) is 5.95 Å². The minimum absolute atomic E-state index is 0.0231. The number of nitrogens with one attached hydrogen (secondary N) is 3. The lowest BCUT2D eigenvalue weighted by Crippen LogP contribution is -2.39. The first-order valence-electron chi connectivity index (χ1n) is 9.18. The third kappa shape index (κ3) is 7.26. The lowest BCUT2D eigenvalue weighted by Gasteiger charge is -2.17. The number of hydrogen-bond donors (Lipinski definition) is 5. The van der Waals surface area contributed by atoms with Crippen LogP contribution in [0.5, 0.6) is 0 Å². The van der Waals surface area contributed by atoms with E-state index < -0.39 is 35.1 Å². The Kier molecular flexibility index (Phi) is 8.73. The highest BCUT2D eigenvalue weighted by molar-refractivity contribution is 8.76. The molecule has 3 amide bonds. The predicted octanol–water partition coefficient (Wildman–Crippen LogP) is 2.77. The second-order valence-corrected chi connectivity index (χ2v) is 10.4. The SMILES string of the molecule is CC(C)(C)C(=O)NC(=O)c1ccc(Cl)c(C(=O)Nc2ncc(SSC[C@H](N)C(=O)O)[nH]2)c1. The van der Waals surface area contributed by atoms with Gasteiger partial charge in [-0.2, -0.15) is 0 Å². The van der Waals surface area contributed by atoms with Crippen LogP contribution in [0.15, 0.2) is 29.4 Å². The zero-order valence-electron chi connectivity index (χ0n) is 17.4. The summed E-state index contributed by atoms with van der Waals surface area (Å²) in [6.45, 7) is 5.02. The number of amides is 3. The lowest BCUT2D eigenvalue weighted by atomic mass is 9.95. The number of imidazole rings is 1. The van der Waals surface area contributed by atoms with E-state index in [1.165, 1.54) is 46.0 Å². The predicted molar refractivity (Wildman–Crippen MR) is 124 cm³/mol. The molecule has 0 aliphatic carbocycles. The Morgan fingerprint density at radius 2 is 1.94 bits per heavy atom. The van der Waals surface area contributed by atoms with Crippen molar-refractivity contribution in [1.82, 2.24) is 15.3 Å². The molecule has 13 heteroatoms. The number of aromatic amines is 1. The largest absolute Gasteiger partial charge is 0.480 e. The topological polar surface area (TPSA) is 167 Å². The zero-order chi connectivity index (χ0) is 24.1. The third-order valence-electron chi connectivity index (χ3n) is 3.88. The molecule has 0 unspecified atom stereocenters. The molecule has 10 nitrogen and oxygen atoms in total. The summed E-state index contributed by atoms with van der Waals surface area (Å²) in [4.78, 5) is 54.6. The smallest absolute Gasteiger partial charge is 0.321 e. The van der Waals surface area contributed by atoms with Gasteiger partial charge in [-0.1, -0.05) is 43.2 Å². The Balaban J connectivity index is 2.04. The van der Waals surface area contributed by atoms with Crippen LogP contribution in [0.25, 0.3) is 0 Å². The van der Waals surface area contributed by atoms with Crippen molar-refractivity contribution in [2.45, 2.75) is 31.8 Å². The van der Waals surface area contributed by atoms with Crippen LogP contribution in [-0.4, -0.2) is 50.6 Å². The van der Waals surface area contributed by atoms with Gasteiger partial charge in [0.05, 0.1) is 16.8 Å². The Morgan fingerprint density at radius 1 is 1.25 bits per heavy atom. The van der Waals surface area contributed by atoms with E-state index in [2.05, 4.69) is 20.6 Å². The van der Waals surface area contributed by atoms with E-state index in [1.807, 2.05) is 0 Å². The summed E-state index contributed by atoms with van der Waals surface area (Å²) < 4.78 is 0. The van der Waals surface area contributed by atoms with Gasteiger partial charge in [0.15, 0.2) is 0 Å². The third-order valence-corrected chi connectivity index (χ3v) is 6.51. The van der Waals surface area contributed by atoms with Crippen LogP contribution < -0.4 is 16.4 Å². The van der Waals surface area contributed by atoms with Crippen molar-refractivity contribution in [1.29, 1.82) is 0 Å². The molecular weight excluding hydrogens is 478 g/mol. The van der Waals surface area contributed by atoms with Crippen LogP contribution in [0.2, 0.25) is 5.02 Å². The van der Waals surface area contributed by atoms with Crippen molar-refractivity contribution in [3.63, 3.8) is 0 Å². The van der Waals surface area contributed by atoms with E-state index in [-0.39, 0.29) is 27.9 Å². The standard InChI is InChI=1S/C19H22ClN5O5S2/c1-19(2,3)17(30)24-14(26)9-4-5-11(20)10(6-9)15(27)25-18-22-7-13(23-18)32-31-8-12(21)16(28)29/h4-7,12H,8,21H2,1-3H3,(H,28,29)(H,24,26,30)(H2,22,23,25,27)/t12-/m0/s1. The van der Waals surface area contributed by atoms with Gasteiger partial charge in [0.1, 0.15) is 11.1 Å². The van der Waals surface area contributed by atoms with Gasteiger partial charge >= 0.3 is 5.97 Å². The second kappa shape index (κ2) is 10.9. The summed E-state index contributed by atoms with van der Waals surface area (Å²) in [5.41, 5.74) is 4.80. The van der Waals surface area contributed by atoms with Gasteiger partial charge < -0.3 is 15.8 Å². The monoisotopic (exact) mass is 499 g/mol. The highest BCUT2D eigenvalue weighted by Gasteiger charge is 2.24. The fourth-order valence-corrected chi connectivity index (χ4v) is 4.23. The molecule has 0 saturated heterocycles. The van der Waals surface area contributed by atoms with Crippen molar-refractivity contribution in [3.05, 3.63) is 40.5 Å². The highest BCUT2D eigenvalue weighted by atomic mass is 35.5. The average molecular weight is 500 g/mol. The van der Waals surface area contributed by atoms with Crippen molar-refractivity contribution in [2.24, 2.45) is 11.1 Å². The molecule has 0 bridgehead atoms. The molecule has 0 fully saturated rings. The maximum atomic E-state index is 12.6. The quantitative estimate of drug-likeness (QED) is 0.343. The summed E-state index contributed by atoms with van der Waals surface area (Å²) in [6.07, 6.45) is 1.46. The van der Waals surface area contributed by atoms with Gasteiger partial charge in [0.25, 0.3) is 11.8 Å². The highest BCUT2D eigenvalue weighted by Crippen LogP contribution is 2.30. The Bertz CT molecular complexity index is 1040. The number of nitrogens with two attached hydrogens (primary N) is 1. The Hall–Kier alpha value is -2.54. The van der Waals surface area contributed by atoms with Crippen molar-refractivity contribution in [3.8, 4) is 0 Å². The van der Waals surface area contributed by atoms with E-state index in [4.69, 9.17) is 22.4 Å². The lowest BCUT2D eigenvalue weighted by molar-refractivity contribution is -0.138. The van der Waals surface area contributed by atoms with E-state index in [0.717, 1.165) is 0 Å². The number of carbonyl (C=O) groups is 4. The molecule has 6 N–H and O–H groups in total. The number of carboxylic acid groups (broad SMARTS) is 1. The molecule has 2 aromatic rings. The number of aliphatic carboxylic acids is 1. The molecule has 172 valence electrons. The molecule has 0 aliphatic heterocycles. The van der Waals surface area contributed by atoms with Crippen LogP contribution in [0.3, 0.4) is 0 Å². The van der Waals surface area contributed by atoms with Gasteiger partial charge in [0, 0.05) is 16.7 Å². The summed E-state index contributed by atoms with van der Waals surface area (Å²) in [5.74, 6) is -2.49. The van der Waals surface area contributed by atoms with Crippen molar-refractivity contribution in [2.75, 3.05) is 11.1 Å². The number of halogens is 1. The number of nitrogens with zero attached hydrogens (tertiary/aromatic N) is 1. The number of benzene rings is 1. The Labute approximate surface area is 196 Å². The number of rotatable bonds is 8. The maximum absolute atomic E-state index is 12.6. The number of imide groups is 1. The number of hydrogen-bond acceptors (Lipinski definition) is 8. The zero-order valence-corrected chi connectivity index (χ0v) is 19.8. The summed E-state index contributed by atoms with van der Waals surface area (Å²) in [7, 11) is 2.44. The molecule has 0 saturated carbocycles. The van der Waals surface area contributed by atoms with Gasteiger partial charge in [-0.25, -0.2) is 4.98 Å². The molecule has 1 atom stereocenters. The maximum Gasteiger partial charge on any atom is 0.321 e. The molecule has 32 heavy (non-hydrogen) atoms. The molecule has 0 aliphatic rings. The fraction of sp³-hybridized carbons (Fsp3) is 0.316. The summed E-state index contributed by atoms with van der Waals surface area (Å²) in [5, 5.41) is 14.3. The molecule has 1 heterocycles. The first-order chi connectivity index (χ1) is 14.9. The van der Waals surface area contributed by atoms with Gasteiger partial charge in [-0.15, -0.1) is 0 Å². The molecule has 1 aromatic carbocycles. The number of H-pyrrole nitrogens is 1. The van der Waals surface area contributed by atoms with Crippen molar-refractivity contribution < 1.29 is 24.3 Å². The molecule has 2 rings (SSSR count). The van der Waals surface area contributed by atoms with Crippen LogP contribution in [-0.2, 0) is 9.59 Å². The van der Waals surface area contributed by atoms with E-state index in [9.17, 15) is 19.2 Å². The average Bonchev–Trinajstić information content (AvgIpc) is 3.14. The minimum atomic E-state index is -1.09. The first kappa shape index (κ1) is 25.7. The van der Waals surface area contributed by atoms with Gasteiger partial charge in [-0.05, 0) is 29.0 Å². The number of carboxylic acids is 1. The fourth-order valence-electron chi connectivity index (χ4n) is 2.03. The Morgan fingerprint density at radius 3 is 2.56 bits per heavy atom. The van der Waals surface area contributed by atoms with E-state index in [0.29, 0.717) is 5.03 Å². The molecule has 0 spiro atoms. The number of carbonyl (C=O) groups excluding carboxylic acids is 3. The first-order valence-corrected chi connectivity index (χ1v) is 11.9. The number of aromatic nitrogens is 2. The van der Waals surface area contributed by atoms with Gasteiger partial charge in [0.2, 0.25) is 11.9 Å². The minimum Gasteiger partial charge on any atom is -0.480 e. The second-order valence-electron chi connectivity index (χ2n) is 7.59.